The fourth-order valence-electron chi connectivity index (χ4n) is 1.98. The summed E-state index contributed by atoms with van der Waals surface area (Å²) < 4.78 is 5.91. The van der Waals surface area contributed by atoms with Gasteiger partial charge in [0.1, 0.15) is 5.82 Å². The molecular weight excluding hydrogens is 334 g/mol. The Balaban J connectivity index is 1.92. The van der Waals surface area contributed by atoms with Crippen molar-refractivity contribution < 1.29 is 9.53 Å². The Labute approximate surface area is 132 Å². The molecule has 1 aromatic carbocycles. The number of carbonyl (C=O) groups excluding carboxylic acids is 1. The number of carbonyl (C=O) groups is 1. The van der Waals surface area contributed by atoms with E-state index in [4.69, 9.17) is 4.74 Å². The normalized spacial score (nSPS) is 10.6. The Kier molecular flexibility index (Phi) is 5.95. The van der Waals surface area contributed by atoms with E-state index < -0.39 is 0 Å². The number of methoxy groups -OCH3 is 1. The lowest BCUT2D eigenvalue weighted by molar-refractivity contribution is -0.121. The van der Waals surface area contributed by atoms with Crippen LogP contribution in [0.5, 0.6) is 0 Å². The second-order valence-corrected chi connectivity index (χ2v) is 5.37. The summed E-state index contributed by atoms with van der Waals surface area (Å²) in [6, 6.07) is 7.93. The minimum atomic E-state index is 0.000896. The van der Waals surface area contributed by atoms with E-state index in [0.29, 0.717) is 26.1 Å². The van der Waals surface area contributed by atoms with Gasteiger partial charge in [-0.05, 0) is 12.1 Å². The Morgan fingerprint density at radius 1 is 1.29 bits per heavy atom. The van der Waals surface area contributed by atoms with E-state index in [9.17, 15) is 4.79 Å². The largest absolute Gasteiger partial charge is 0.383 e. The van der Waals surface area contributed by atoms with Gasteiger partial charge in [0.15, 0.2) is 0 Å². The maximum Gasteiger partial charge on any atom is 0.221 e. The second kappa shape index (κ2) is 7.95. The summed E-state index contributed by atoms with van der Waals surface area (Å²) in [6.45, 7) is 1.60. The zero-order valence-electron chi connectivity index (χ0n) is 11.9. The van der Waals surface area contributed by atoms with Crippen molar-refractivity contribution >= 4 is 38.4 Å². The topological polar surface area (TPSA) is 63.2 Å². The molecule has 0 spiro atoms. The summed E-state index contributed by atoms with van der Waals surface area (Å²) in [7, 11) is 1.61. The van der Waals surface area contributed by atoms with Gasteiger partial charge in [-0.2, -0.15) is 0 Å². The maximum absolute atomic E-state index is 11.6. The number of halogens is 1. The van der Waals surface area contributed by atoms with Gasteiger partial charge in [0, 0.05) is 48.1 Å². The minimum Gasteiger partial charge on any atom is -0.383 e. The van der Waals surface area contributed by atoms with Crippen LogP contribution in [0.4, 0.5) is 5.82 Å². The molecule has 0 saturated heterocycles. The first-order valence-electron chi connectivity index (χ1n) is 6.75. The summed E-state index contributed by atoms with van der Waals surface area (Å²) in [5.74, 6) is 0.791. The van der Waals surface area contributed by atoms with E-state index in [2.05, 4.69) is 31.5 Å². The van der Waals surface area contributed by atoms with Crippen molar-refractivity contribution in [3.8, 4) is 0 Å². The fourth-order valence-corrected chi connectivity index (χ4v) is 2.48. The van der Waals surface area contributed by atoms with Gasteiger partial charge in [-0.3, -0.25) is 4.79 Å². The monoisotopic (exact) mass is 351 g/mol. The molecule has 1 aromatic heterocycles. The first kappa shape index (κ1) is 15.7. The highest BCUT2D eigenvalue weighted by Crippen LogP contribution is 2.27. The van der Waals surface area contributed by atoms with Gasteiger partial charge in [-0.1, -0.05) is 28.1 Å². The van der Waals surface area contributed by atoms with Crippen molar-refractivity contribution in [2.45, 2.75) is 6.42 Å². The SMILES string of the molecule is COCCNC(=O)CCNc1nccc2c(Br)cccc12. The number of aromatic nitrogens is 1. The molecule has 21 heavy (non-hydrogen) atoms. The molecule has 6 heteroatoms. The highest BCUT2D eigenvalue weighted by atomic mass is 79.9. The van der Waals surface area contributed by atoms with Gasteiger partial charge in [0.2, 0.25) is 5.91 Å². The molecule has 2 aromatic rings. The van der Waals surface area contributed by atoms with Crippen molar-refractivity contribution in [1.29, 1.82) is 0 Å². The highest BCUT2D eigenvalue weighted by Gasteiger charge is 2.05. The molecule has 112 valence electrons. The molecule has 0 saturated carbocycles. The molecule has 0 radical (unpaired) electrons. The number of hydrogen-bond donors (Lipinski definition) is 2. The predicted octanol–water partition coefficient (Wildman–Crippen LogP) is 2.56. The predicted molar refractivity (Wildman–Crippen MR) is 87.4 cm³/mol. The molecule has 0 aliphatic carbocycles. The number of rotatable bonds is 7. The number of fused-ring (bicyclic) bond motifs is 1. The van der Waals surface area contributed by atoms with Crippen molar-refractivity contribution in [3.63, 3.8) is 0 Å². The molecule has 1 heterocycles. The number of nitrogens with one attached hydrogen (secondary N) is 2. The molecule has 2 N–H and O–H groups in total. The third-order valence-electron chi connectivity index (χ3n) is 3.03. The minimum absolute atomic E-state index is 0.000896. The Hall–Kier alpha value is -1.66. The van der Waals surface area contributed by atoms with Crippen molar-refractivity contribution in [2.75, 3.05) is 32.1 Å². The molecular formula is C15H18BrN3O2. The standard InChI is InChI=1S/C15H18BrN3O2/c1-21-10-9-17-14(20)6-8-19-15-12-3-2-4-13(16)11(12)5-7-18-15/h2-5,7H,6,8-10H2,1H3,(H,17,20)(H,18,19). The number of nitrogens with zero attached hydrogens (tertiary/aromatic N) is 1. The third-order valence-corrected chi connectivity index (χ3v) is 3.72. The van der Waals surface area contributed by atoms with Crippen LogP contribution >= 0.6 is 15.9 Å². The summed E-state index contributed by atoms with van der Waals surface area (Å²) in [5, 5.41) is 8.13. The van der Waals surface area contributed by atoms with E-state index in [-0.39, 0.29) is 5.91 Å². The lowest BCUT2D eigenvalue weighted by atomic mass is 10.1. The van der Waals surface area contributed by atoms with Crippen LogP contribution in [-0.2, 0) is 9.53 Å². The van der Waals surface area contributed by atoms with E-state index in [1.807, 2.05) is 24.3 Å². The van der Waals surface area contributed by atoms with E-state index in [1.54, 1.807) is 13.3 Å². The number of benzene rings is 1. The number of hydrogen-bond acceptors (Lipinski definition) is 4. The third kappa shape index (κ3) is 4.41. The van der Waals surface area contributed by atoms with Gasteiger partial charge in [0.25, 0.3) is 0 Å². The van der Waals surface area contributed by atoms with E-state index in [1.165, 1.54) is 0 Å². The molecule has 0 bridgehead atoms. The number of amides is 1. The van der Waals surface area contributed by atoms with Crippen LogP contribution in [0.1, 0.15) is 6.42 Å². The Bertz CT molecular complexity index is 619. The summed E-state index contributed by atoms with van der Waals surface area (Å²) in [5.41, 5.74) is 0. The van der Waals surface area contributed by atoms with Crippen LogP contribution in [0.15, 0.2) is 34.9 Å². The molecule has 0 aliphatic rings. The average Bonchev–Trinajstić information content (AvgIpc) is 2.48. The molecule has 0 fully saturated rings. The average molecular weight is 352 g/mol. The molecule has 0 aliphatic heterocycles. The van der Waals surface area contributed by atoms with Crippen molar-refractivity contribution in [3.05, 3.63) is 34.9 Å². The first-order valence-corrected chi connectivity index (χ1v) is 7.54. The van der Waals surface area contributed by atoms with Gasteiger partial charge < -0.3 is 15.4 Å². The lowest BCUT2D eigenvalue weighted by Crippen LogP contribution is -2.28. The summed E-state index contributed by atoms with van der Waals surface area (Å²) in [6.07, 6.45) is 2.16. The van der Waals surface area contributed by atoms with Gasteiger partial charge in [0.05, 0.1) is 6.61 Å². The molecule has 0 unspecified atom stereocenters. The lowest BCUT2D eigenvalue weighted by Gasteiger charge is -2.09. The first-order chi connectivity index (χ1) is 10.2. The smallest absolute Gasteiger partial charge is 0.221 e. The van der Waals surface area contributed by atoms with E-state index in [0.717, 1.165) is 21.1 Å². The van der Waals surface area contributed by atoms with E-state index >= 15 is 0 Å². The zero-order chi connectivity index (χ0) is 15.1. The highest BCUT2D eigenvalue weighted by molar-refractivity contribution is 9.10. The van der Waals surface area contributed by atoms with Crippen LogP contribution in [0.3, 0.4) is 0 Å². The van der Waals surface area contributed by atoms with Gasteiger partial charge in [-0.15, -0.1) is 0 Å². The molecule has 1 amide bonds. The van der Waals surface area contributed by atoms with Gasteiger partial charge >= 0.3 is 0 Å². The fraction of sp³-hybridized carbons (Fsp3) is 0.333. The Morgan fingerprint density at radius 2 is 2.14 bits per heavy atom. The van der Waals surface area contributed by atoms with Crippen LogP contribution in [-0.4, -0.2) is 37.7 Å². The second-order valence-electron chi connectivity index (χ2n) is 4.51. The maximum atomic E-state index is 11.6. The molecule has 5 nitrogen and oxygen atoms in total. The number of anilines is 1. The Morgan fingerprint density at radius 3 is 2.95 bits per heavy atom. The van der Waals surface area contributed by atoms with Crippen molar-refractivity contribution in [1.82, 2.24) is 10.3 Å². The summed E-state index contributed by atoms with van der Waals surface area (Å²) >= 11 is 3.53. The zero-order valence-corrected chi connectivity index (χ0v) is 13.4. The number of ether oxygens (including phenoxy) is 1. The summed E-state index contributed by atoms with van der Waals surface area (Å²) in [4.78, 5) is 15.9. The van der Waals surface area contributed by atoms with Gasteiger partial charge in [-0.25, -0.2) is 4.98 Å². The van der Waals surface area contributed by atoms with Crippen LogP contribution in [0, 0.1) is 0 Å². The molecule has 2 rings (SSSR count). The molecule has 0 atom stereocenters. The van der Waals surface area contributed by atoms with Crippen LogP contribution in [0.2, 0.25) is 0 Å². The quantitative estimate of drug-likeness (QED) is 0.752. The van der Waals surface area contributed by atoms with Crippen LogP contribution in [0.25, 0.3) is 10.8 Å². The number of pyridine rings is 1. The van der Waals surface area contributed by atoms with Crippen LogP contribution < -0.4 is 10.6 Å². The van der Waals surface area contributed by atoms with Crippen molar-refractivity contribution in [2.24, 2.45) is 0 Å².